The summed E-state index contributed by atoms with van der Waals surface area (Å²) in [5, 5.41) is 19.9. The lowest BCUT2D eigenvalue weighted by Gasteiger charge is -2.13. The summed E-state index contributed by atoms with van der Waals surface area (Å²) < 4.78 is 7.66. The summed E-state index contributed by atoms with van der Waals surface area (Å²) in [6, 6.07) is 29.5. The highest BCUT2D eigenvalue weighted by molar-refractivity contribution is 7.99. The molecule has 29 heavy (non-hydrogen) atoms. The Hall–Kier alpha value is -3.09. The first-order valence-corrected chi connectivity index (χ1v) is 10.3. The van der Waals surface area contributed by atoms with Gasteiger partial charge in [0.1, 0.15) is 12.4 Å². The van der Waals surface area contributed by atoms with Crippen molar-refractivity contribution in [2.75, 3.05) is 12.4 Å². The van der Waals surface area contributed by atoms with Gasteiger partial charge in [-0.15, -0.1) is 10.2 Å². The number of aliphatic hydroxyl groups is 1. The van der Waals surface area contributed by atoms with Crippen LogP contribution in [-0.2, 0) is 0 Å². The molecule has 1 N–H and O–H groups in total. The average Bonchev–Trinajstić information content (AvgIpc) is 3.22. The number of hydrogen-bond acceptors (Lipinski definition) is 5. The van der Waals surface area contributed by atoms with Gasteiger partial charge in [-0.05, 0) is 24.3 Å². The zero-order valence-corrected chi connectivity index (χ0v) is 16.6. The Morgan fingerprint density at radius 3 is 2.14 bits per heavy atom. The van der Waals surface area contributed by atoms with Crippen LogP contribution in [0.25, 0.3) is 17.1 Å². The van der Waals surface area contributed by atoms with Gasteiger partial charge in [0.25, 0.3) is 0 Å². The first-order chi connectivity index (χ1) is 14.3. The first-order valence-electron chi connectivity index (χ1n) is 9.36. The van der Waals surface area contributed by atoms with E-state index < -0.39 is 6.10 Å². The Morgan fingerprint density at radius 2 is 1.45 bits per heavy atom. The lowest BCUT2D eigenvalue weighted by molar-refractivity contribution is 0.126. The lowest BCUT2D eigenvalue weighted by atomic mass is 10.2. The highest BCUT2D eigenvalue weighted by Gasteiger charge is 2.17. The van der Waals surface area contributed by atoms with Gasteiger partial charge in [0, 0.05) is 17.0 Å². The maximum Gasteiger partial charge on any atom is 0.196 e. The predicted octanol–water partition coefficient (Wildman–Crippen LogP) is 4.47. The van der Waals surface area contributed by atoms with E-state index >= 15 is 0 Å². The van der Waals surface area contributed by atoms with Crippen molar-refractivity contribution in [3.05, 3.63) is 91.0 Å². The van der Waals surface area contributed by atoms with Crippen LogP contribution >= 0.6 is 11.8 Å². The van der Waals surface area contributed by atoms with Crippen LogP contribution in [0.4, 0.5) is 0 Å². The molecule has 6 heteroatoms. The first kappa shape index (κ1) is 19.2. The Labute approximate surface area is 174 Å². The molecular weight excluding hydrogens is 382 g/mol. The Balaban J connectivity index is 1.51. The van der Waals surface area contributed by atoms with Crippen LogP contribution in [0.3, 0.4) is 0 Å². The molecule has 0 radical (unpaired) electrons. The maximum absolute atomic E-state index is 10.4. The molecule has 4 aromatic rings. The van der Waals surface area contributed by atoms with Gasteiger partial charge in [-0.25, -0.2) is 0 Å². The summed E-state index contributed by atoms with van der Waals surface area (Å²) in [6.45, 7) is 0.224. The number of para-hydroxylation sites is 2. The molecule has 5 nitrogen and oxygen atoms in total. The van der Waals surface area contributed by atoms with Crippen LogP contribution in [0, 0.1) is 0 Å². The van der Waals surface area contributed by atoms with E-state index in [9.17, 15) is 5.11 Å². The number of rotatable bonds is 8. The molecule has 1 aromatic heterocycles. The van der Waals surface area contributed by atoms with Crippen LogP contribution < -0.4 is 4.74 Å². The van der Waals surface area contributed by atoms with Crippen molar-refractivity contribution in [2.45, 2.75) is 11.3 Å². The number of aliphatic hydroxyl groups excluding tert-OH is 1. The quantitative estimate of drug-likeness (QED) is 0.440. The Morgan fingerprint density at radius 1 is 0.828 bits per heavy atom. The van der Waals surface area contributed by atoms with Crippen molar-refractivity contribution >= 4 is 11.8 Å². The van der Waals surface area contributed by atoms with Crippen LogP contribution in [-0.4, -0.2) is 38.3 Å². The second-order valence-corrected chi connectivity index (χ2v) is 7.42. The minimum absolute atomic E-state index is 0.224. The van der Waals surface area contributed by atoms with Gasteiger partial charge in [-0.3, -0.25) is 4.57 Å². The van der Waals surface area contributed by atoms with Gasteiger partial charge >= 0.3 is 0 Å². The minimum atomic E-state index is -0.624. The molecular formula is C23H21N3O2S. The van der Waals surface area contributed by atoms with Crippen molar-refractivity contribution in [3.8, 4) is 22.8 Å². The zero-order chi connectivity index (χ0) is 19.9. The van der Waals surface area contributed by atoms with Crippen molar-refractivity contribution in [2.24, 2.45) is 0 Å². The largest absolute Gasteiger partial charge is 0.491 e. The molecule has 146 valence electrons. The molecule has 1 heterocycles. The van der Waals surface area contributed by atoms with E-state index in [0.717, 1.165) is 28.0 Å². The van der Waals surface area contributed by atoms with Gasteiger partial charge in [0.2, 0.25) is 0 Å². The standard InChI is InChI=1S/C23H21N3O2S/c27-20(16-28-21-14-8-3-9-15-21)17-29-23-25-24-22(18-10-4-1-5-11-18)26(23)19-12-6-2-7-13-19/h1-15,20,27H,16-17H2/t20-/m1/s1. The van der Waals surface area contributed by atoms with Gasteiger partial charge in [0.05, 0.1) is 6.10 Å². The molecule has 0 bridgehead atoms. The van der Waals surface area contributed by atoms with Crippen molar-refractivity contribution in [3.63, 3.8) is 0 Å². The molecule has 0 saturated carbocycles. The van der Waals surface area contributed by atoms with Crippen LogP contribution in [0.1, 0.15) is 0 Å². The van der Waals surface area contributed by atoms with Crippen molar-refractivity contribution in [1.82, 2.24) is 14.8 Å². The van der Waals surface area contributed by atoms with Gasteiger partial charge < -0.3 is 9.84 Å². The van der Waals surface area contributed by atoms with E-state index in [0.29, 0.717) is 5.75 Å². The third kappa shape index (κ3) is 4.85. The van der Waals surface area contributed by atoms with E-state index in [1.165, 1.54) is 11.8 Å². The average molecular weight is 404 g/mol. The fourth-order valence-electron chi connectivity index (χ4n) is 2.88. The topological polar surface area (TPSA) is 60.2 Å². The number of aromatic nitrogens is 3. The SMILES string of the molecule is O[C@H](COc1ccccc1)CSc1nnc(-c2ccccc2)n1-c1ccccc1. The normalized spacial score (nSPS) is 11.9. The number of hydrogen-bond donors (Lipinski definition) is 1. The molecule has 0 aliphatic carbocycles. The molecule has 0 spiro atoms. The smallest absolute Gasteiger partial charge is 0.196 e. The van der Waals surface area contributed by atoms with E-state index in [4.69, 9.17) is 4.74 Å². The fourth-order valence-corrected chi connectivity index (χ4v) is 3.73. The number of ether oxygens (including phenoxy) is 1. The van der Waals surface area contributed by atoms with Crippen LogP contribution in [0.5, 0.6) is 5.75 Å². The number of nitrogens with zero attached hydrogens (tertiary/aromatic N) is 3. The van der Waals surface area contributed by atoms with E-state index in [2.05, 4.69) is 10.2 Å². The lowest BCUT2D eigenvalue weighted by Crippen LogP contribution is -2.20. The Kier molecular flexibility index (Phi) is 6.24. The second kappa shape index (κ2) is 9.41. The monoisotopic (exact) mass is 403 g/mol. The summed E-state index contributed by atoms with van der Waals surface area (Å²) in [6.07, 6.45) is -0.624. The molecule has 4 rings (SSSR count). The summed E-state index contributed by atoms with van der Waals surface area (Å²) in [7, 11) is 0. The second-order valence-electron chi connectivity index (χ2n) is 6.43. The minimum Gasteiger partial charge on any atom is -0.491 e. The zero-order valence-electron chi connectivity index (χ0n) is 15.8. The molecule has 0 aliphatic heterocycles. The van der Waals surface area contributed by atoms with Gasteiger partial charge in [0.15, 0.2) is 11.0 Å². The molecule has 0 unspecified atom stereocenters. The molecule has 0 saturated heterocycles. The third-order valence-electron chi connectivity index (χ3n) is 4.27. The molecule has 0 aliphatic rings. The van der Waals surface area contributed by atoms with E-state index in [-0.39, 0.29) is 6.61 Å². The van der Waals surface area contributed by atoms with Crippen molar-refractivity contribution < 1.29 is 9.84 Å². The maximum atomic E-state index is 10.4. The van der Waals surface area contributed by atoms with E-state index in [1.54, 1.807) is 0 Å². The summed E-state index contributed by atoms with van der Waals surface area (Å²) in [5.74, 6) is 1.97. The molecule has 0 amide bonds. The highest BCUT2D eigenvalue weighted by Crippen LogP contribution is 2.28. The van der Waals surface area contributed by atoms with E-state index in [1.807, 2.05) is 95.6 Å². The third-order valence-corrected chi connectivity index (χ3v) is 5.34. The molecule has 0 fully saturated rings. The number of thioether (sulfide) groups is 1. The molecule has 1 atom stereocenters. The van der Waals surface area contributed by atoms with Gasteiger partial charge in [-0.1, -0.05) is 78.5 Å². The van der Waals surface area contributed by atoms with Crippen LogP contribution in [0.15, 0.2) is 96.2 Å². The predicted molar refractivity (Wildman–Crippen MR) is 115 cm³/mol. The summed E-state index contributed by atoms with van der Waals surface area (Å²) in [4.78, 5) is 0. The van der Waals surface area contributed by atoms with Crippen LogP contribution in [0.2, 0.25) is 0 Å². The Bertz CT molecular complexity index is 1020. The summed E-state index contributed by atoms with van der Waals surface area (Å²) in [5.41, 5.74) is 1.97. The van der Waals surface area contributed by atoms with Gasteiger partial charge in [-0.2, -0.15) is 0 Å². The highest BCUT2D eigenvalue weighted by atomic mass is 32.2. The summed E-state index contributed by atoms with van der Waals surface area (Å²) >= 11 is 1.46. The fraction of sp³-hybridized carbons (Fsp3) is 0.130. The molecule has 3 aromatic carbocycles. The van der Waals surface area contributed by atoms with Crippen molar-refractivity contribution in [1.29, 1.82) is 0 Å². The number of benzene rings is 3.